The van der Waals surface area contributed by atoms with E-state index in [1.807, 2.05) is 0 Å². The molecule has 0 unspecified atom stereocenters. The van der Waals surface area contributed by atoms with E-state index in [-0.39, 0.29) is 5.56 Å². The van der Waals surface area contributed by atoms with Gasteiger partial charge < -0.3 is 10.1 Å². The Balaban J connectivity index is 3.04. The third-order valence-corrected chi connectivity index (χ3v) is 2.19. The zero-order chi connectivity index (χ0) is 14.4. The van der Waals surface area contributed by atoms with Gasteiger partial charge in [0.05, 0.1) is 9.85 Å². The van der Waals surface area contributed by atoms with Crippen molar-refractivity contribution in [3.8, 4) is 0 Å². The Hall–Kier alpha value is -2.71. The second-order valence-electron chi connectivity index (χ2n) is 3.40. The molecule has 0 heterocycles. The van der Waals surface area contributed by atoms with E-state index in [1.165, 1.54) is 6.07 Å². The first-order valence-electron chi connectivity index (χ1n) is 5.28. The molecule has 1 N–H and O–H groups in total. The van der Waals surface area contributed by atoms with E-state index in [4.69, 9.17) is 4.74 Å². The number of alkyl carbamates (subject to hydrolysis) is 1. The maximum Gasteiger partial charge on any atom is 0.407 e. The summed E-state index contributed by atoms with van der Waals surface area (Å²) in [5, 5.41) is 23.9. The minimum atomic E-state index is -0.796. The third-order valence-electron chi connectivity index (χ3n) is 2.19. The van der Waals surface area contributed by atoms with Crippen LogP contribution in [-0.2, 0) is 11.3 Å². The van der Waals surface area contributed by atoms with Crippen LogP contribution in [0.3, 0.4) is 0 Å². The highest BCUT2D eigenvalue weighted by Crippen LogP contribution is 2.28. The number of ether oxygens (including phenoxy) is 1. The van der Waals surface area contributed by atoms with E-state index >= 15 is 0 Å². The molecule has 0 atom stereocenters. The Bertz CT molecular complexity index is 484. The smallest absolute Gasteiger partial charge is 0.407 e. The van der Waals surface area contributed by atoms with Crippen LogP contribution in [0.15, 0.2) is 18.2 Å². The van der Waals surface area contributed by atoms with E-state index < -0.39 is 33.9 Å². The van der Waals surface area contributed by atoms with Crippen LogP contribution >= 0.6 is 0 Å². The Kier molecular flexibility index (Phi) is 4.75. The van der Waals surface area contributed by atoms with Crippen LogP contribution in [0.2, 0.25) is 0 Å². The number of nitrogens with zero attached hydrogens (tertiary/aromatic N) is 2. The lowest BCUT2D eigenvalue weighted by molar-refractivity contribution is -0.396. The predicted octanol–water partition coefficient (Wildman–Crippen LogP) is 1.75. The highest BCUT2D eigenvalue weighted by atomic mass is 16.6. The summed E-state index contributed by atoms with van der Waals surface area (Å²) >= 11 is 0. The average Bonchev–Trinajstić information content (AvgIpc) is 2.35. The van der Waals surface area contributed by atoms with Gasteiger partial charge in [0.15, 0.2) is 0 Å². The molecule has 9 heteroatoms. The van der Waals surface area contributed by atoms with Crippen molar-refractivity contribution >= 4 is 17.5 Å². The number of rotatable bonds is 5. The SMILES string of the molecule is CCNC(=O)OCc1c([N+](=O)[O-])cccc1[N+](=O)[O-]. The highest BCUT2D eigenvalue weighted by molar-refractivity contribution is 5.67. The van der Waals surface area contributed by atoms with Crippen LogP contribution in [0.4, 0.5) is 16.2 Å². The molecule has 0 fully saturated rings. The maximum absolute atomic E-state index is 11.1. The maximum atomic E-state index is 11.1. The molecule has 0 aromatic heterocycles. The van der Waals surface area contributed by atoms with Crippen LogP contribution in [-0.4, -0.2) is 22.5 Å². The Labute approximate surface area is 107 Å². The lowest BCUT2D eigenvalue weighted by Crippen LogP contribution is -2.23. The van der Waals surface area contributed by atoms with Crippen LogP contribution in [0.1, 0.15) is 12.5 Å². The molecule has 0 saturated heterocycles. The molecule has 1 amide bonds. The number of hydrogen-bond donors (Lipinski definition) is 1. The Morgan fingerprint density at radius 1 is 1.26 bits per heavy atom. The van der Waals surface area contributed by atoms with E-state index in [2.05, 4.69) is 5.32 Å². The summed E-state index contributed by atoms with van der Waals surface area (Å²) in [5.41, 5.74) is -1.17. The number of carbonyl (C=O) groups excluding carboxylic acids is 1. The molecule has 0 bridgehead atoms. The number of nitro benzene ring substituents is 2. The molecule has 102 valence electrons. The first kappa shape index (κ1) is 14.4. The molecule has 9 nitrogen and oxygen atoms in total. The molecule has 19 heavy (non-hydrogen) atoms. The average molecular weight is 269 g/mol. The Morgan fingerprint density at radius 2 is 1.79 bits per heavy atom. The summed E-state index contributed by atoms with van der Waals surface area (Å²) < 4.78 is 4.69. The summed E-state index contributed by atoms with van der Waals surface area (Å²) in [6.07, 6.45) is -0.796. The van der Waals surface area contributed by atoms with Gasteiger partial charge in [-0.3, -0.25) is 20.2 Å². The number of amides is 1. The molecule has 0 aliphatic carbocycles. The molecule has 1 aromatic carbocycles. The molecule has 0 saturated carbocycles. The van der Waals surface area contributed by atoms with Gasteiger partial charge in [-0.2, -0.15) is 0 Å². The van der Waals surface area contributed by atoms with Gasteiger partial charge in [0.25, 0.3) is 11.4 Å². The van der Waals surface area contributed by atoms with Gasteiger partial charge in [-0.25, -0.2) is 4.79 Å². The van der Waals surface area contributed by atoms with Crippen molar-refractivity contribution < 1.29 is 19.4 Å². The van der Waals surface area contributed by atoms with Gasteiger partial charge in [0.1, 0.15) is 12.2 Å². The monoisotopic (exact) mass is 269 g/mol. The highest BCUT2D eigenvalue weighted by Gasteiger charge is 2.25. The topological polar surface area (TPSA) is 125 Å². The van der Waals surface area contributed by atoms with Gasteiger partial charge in [-0.1, -0.05) is 0 Å². The van der Waals surface area contributed by atoms with Crippen molar-refractivity contribution in [3.63, 3.8) is 0 Å². The van der Waals surface area contributed by atoms with E-state index in [0.717, 1.165) is 12.1 Å². The number of carbonyl (C=O) groups is 1. The van der Waals surface area contributed by atoms with Gasteiger partial charge in [-0.15, -0.1) is 0 Å². The van der Waals surface area contributed by atoms with Crippen LogP contribution < -0.4 is 5.32 Å². The first-order chi connectivity index (χ1) is 8.97. The van der Waals surface area contributed by atoms with Crippen molar-refractivity contribution in [2.75, 3.05) is 6.54 Å². The van der Waals surface area contributed by atoms with Crippen molar-refractivity contribution in [2.24, 2.45) is 0 Å². The summed E-state index contributed by atoms with van der Waals surface area (Å²) in [5.74, 6) is 0. The van der Waals surface area contributed by atoms with Gasteiger partial charge in [0.2, 0.25) is 0 Å². The molecule has 0 aliphatic rings. The molecule has 0 radical (unpaired) electrons. The fourth-order valence-corrected chi connectivity index (χ4v) is 1.39. The van der Waals surface area contributed by atoms with Crippen LogP contribution in [0.5, 0.6) is 0 Å². The number of nitro groups is 2. The standard InChI is InChI=1S/C10H11N3O6/c1-2-11-10(14)19-6-7-8(12(15)16)4-3-5-9(7)13(17)18/h3-5H,2,6H2,1H3,(H,11,14). The summed E-state index contributed by atoms with van der Waals surface area (Å²) in [7, 11) is 0. The molecular formula is C10H11N3O6. The zero-order valence-electron chi connectivity index (χ0n) is 9.99. The summed E-state index contributed by atoms with van der Waals surface area (Å²) in [6.45, 7) is 1.44. The lowest BCUT2D eigenvalue weighted by atomic mass is 10.1. The van der Waals surface area contributed by atoms with Crippen molar-refractivity contribution in [3.05, 3.63) is 44.0 Å². The normalized spacial score (nSPS) is 9.74. The van der Waals surface area contributed by atoms with Crippen molar-refractivity contribution in [1.29, 1.82) is 0 Å². The van der Waals surface area contributed by atoms with Crippen molar-refractivity contribution in [1.82, 2.24) is 5.32 Å². The second-order valence-corrected chi connectivity index (χ2v) is 3.40. The molecular weight excluding hydrogens is 258 g/mol. The minimum absolute atomic E-state index is 0.247. The minimum Gasteiger partial charge on any atom is -0.444 e. The quantitative estimate of drug-likeness (QED) is 0.641. The number of nitrogens with one attached hydrogen (secondary N) is 1. The molecule has 0 spiro atoms. The largest absolute Gasteiger partial charge is 0.444 e. The lowest BCUT2D eigenvalue weighted by Gasteiger charge is -2.06. The fourth-order valence-electron chi connectivity index (χ4n) is 1.39. The summed E-state index contributed by atoms with van der Waals surface area (Å²) in [6, 6.07) is 3.43. The van der Waals surface area contributed by atoms with Gasteiger partial charge in [0, 0.05) is 18.7 Å². The number of benzene rings is 1. The van der Waals surface area contributed by atoms with Crippen LogP contribution in [0.25, 0.3) is 0 Å². The van der Waals surface area contributed by atoms with E-state index in [9.17, 15) is 25.0 Å². The zero-order valence-corrected chi connectivity index (χ0v) is 9.99. The third kappa shape index (κ3) is 3.63. The predicted molar refractivity (Wildman–Crippen MR) is 63.6 cm³/mol. The van der Waals surface area contributed by atoms with E-state index in [1.54, 1.807) is 6.92 Å². The Morgan fingerprint density at radius 3 is 2.21 bits per heavy atom. The molecule has 1 aromatic rings. The second kappa shape index (κ2) is 6.28. The first-order valence-corrected chi connectivity index (χ1v) is 5.28. The van der Waals surface area contributed by atoms with Crippen molar-refractivity contribution in [2.45, 2.75) is 13.5 Å². The van der Waals surface area contributed by atoms with Gasteiger partial charge in [-0.05, 0) is 13.0 Å². The number of hydrogen-bond acceptors (Lipinski definition) is 6. The molecule has 0 aliphatic heterocycles. The van der Waals surface area contributed by atoms with Crippen LogP contribution in [0, 0.1) is 20.2 Å². The summed E-state index contributed by atoms with van der Waals surface area (Å²) in [4.78, 5) is 31.2. The fraction of sp³-hybridized carbons (Fsp3) is 0.300. The van der Waals surface area contributed by atoms with E-state index in [0.29, 0.717) is 6.54 Å². The van der Waals surface area contributed by atoms with Gasteiger partial charge >= 0.3 is 6.09 Å². The molecule has 1 rings (SSSR count).